The number of hydrogen-bond acceptors (Lipinski definition) is 3. The smallest absolute Gasteiger partial charge is 0.200 e. The average molecular weight is 394 g/mol. The molecule has 0 atom stereocenters. The van der Waals surface area contributed by atoms with Gasteiger partial charge in [0.25, 0.3) is 0 Å². The van der Waals surface area contributed by atoms with E-state index in [1.54, 1.807) is 0 Å². The molecule has 0 amide bonds. The number of aromatic nitrogens is 3. The summed E-state index contributed by atoms with van der Waals surface area (Å²) in [5, 5.41) is 7.96. The van der Waals surface area contributed by atoms with Gasteiger partial charge in [-0.3, -0.25) is 9.67 Å². The maximum Gasteiger partial charge on any atom is 0.200 e. The second-order valence-corrected chi connectivity index (χ2v) is 6.72. The number of halogens is 1. The fourth-order valence-corrected chi connectivity index (χ4v) is 3.21. The van der Waals surface area contributed by atoms with Crippen LogP contribution in [0.1, 0.15) is 5.56 Å². The van der Waals surface area contributed by atoms with Gasteiger partial charge in [0.15, 0.2) is 10.6 Å². The third-order valence-corrected chi connectivity index (χ3v) is 4.79. The van der Waals surface area contributed by atoms with Gasteiger partial charge in [0.05, 0.1) is 0 Å². The van der Waals surface area contributed by atoms with E-state index >= 15 is 0 Å². The van der Waals surface area contributed by atoms with E-state index in [1.807, 2.05) is 83.4 Å². The van der Waals surface area contributed by atoms with E-state index in [-0.39, 0.29) is 0 Å². The van der Waals surface area contributed by atoms with Crippen LogP contribution in [0.15, 0.2) is 78.9 Å². The highest BCUT2D eigenvalue weighted by Crippen LogP contribution is 2.25. The minimum absolute atomic E-state index is 0.418. The second-order valence-electron chi connectivity index (χ2n) is 5.93. The molecule has 0 aliphatic carbocycles. The molecule has 6 heteroatoms. The lowest BCUT2D eigenvalue weighted by Crippen LogP contribution is -1.98. The Bertz CT molecular complexity index is 1100. The lowest BCUT2D eigenvalue weighted by molar-refractivity contribution is 0.306. The third-order valence-electron chi connectivity index (χ3n) is 4.15. The monoisotopic (exact) mass is 393 g/mol. The van der Waals surface area contributed by atoms with E-state index in [0.29, 0.717) is 16.4 Å². The molecule has 1 aromatic heterocycles. The van der Waals surface area contributed by atoms with E-state index in [4.69, 9.17) is 28.6 Å². The maximum atomic E-state index is 6.17. The first-order valence-electron chi connectivity index (χ1n) is 8.42. The quantitative estimate of drug-likeness (QED) is 0.434. The van der Waals surface area contributed by atoms with E-state index < -0.39 is 0 Å². The van der Waals surface area contributed by atoms with Crippen molar-refractivity contribution in [3.05, 3.63) is 94.2 Å². The Morgan fingerprint density at radius 2 is 1.63 bits per heavy atom. The molecule has 27 heavy (non-hydrogen) atoms. The molecule has 4 rings (SSSR count). The van der Waals surface area contributed by atoms with Gasteiger partial charge in [-0.1, -0.05) is 48.0 Å². The van der Waals surface area contributed by atoms with Gasteiger partial charge >= 0.3 is 0 Å². The molecular formula is C21H16ClN3OS. The van der Waals surface area contributed by atoms with Crippen LogP contribution in [0, 0.1) is 4.77 Å². The predicted octanol–water partition coefficient (Wildman–Crippen LogP) is 5.83. The SMILES string of the molecule is S=c1[nH]nc(-c2ccc(OCc3ccccc3Cl)cc2)n1-c1ccccc1. The molecular weight excluding hydrogens is 378 g/mol. The van der Waals surface area contributed by atoms with Gasteiger partial charge in [0, 0.05) is 21.8 Å². The molecule has 0 saturated carbocycles. The number of hydrogen-bond donors (Lipinski definition) is 1. The molecule has 1 heterocycles. The van der Waals surface area contributed by atoms with Crippen LogP contribution in [0.25, 0.3) is 17.1 Å². The van der Waals surface area contributed by atoms with Gasteiger partial charge in [-0.2, -0.15) is 5.10 Å². The first-order valence-corrected chi connectivity index (χ1v) is 9.20. The molecule has 0 aliphatic heterocycles. The molecule has 3 aromatic carbocycles. The van der Waals surface area contributed by atoms with Crippen molar-refractivity contribution in [3.63, 3.8) is 0 Å². The number of aromatic amines is 1. The molecule has 4 aromatic rings. The first kappa shape index (κ1) is 17.5. The van der Waals surface area contributed by atoms with Crippen molar-refractivity contribution in [1.29, 1.82) is 0 Å². The minimum atomic E-state index is 0.418. The van der Waals surface area contributed by atoms with E-state index in [9.17, 15) is 0 Å². The van der Waals surface area contributed by atoms with Crippen LogP contribution in [-0.2, 0) is 6.61 Å². The number of benzene rings is 3. The van der Waals surface area contributed by atoms with Crippen LogP contribution in [0.3, 0.4) is 0 Å². The highest BCUT2D eigenvalue weighted by atomic mass is 35.5. The zero-order chi connectivity index (χ0) is 18.6. The van der Waals surface area contributed by atoms with Crippen molar-refractivity contribution in [1.82, 2.24) is 14.8 Å². The van der Waals surface area contributed by atoms with Crippen LogP contribution in [0.5, 0.6) is 5.75 Å². The molecule has 0 unspecified atom stereocenters. The molecule has 0 saturated heterocycles. The van der Waals surface area contributed by atoms with Crippen LogP contribution in [-0.4, -0.2) is 14.8 Å². The second kappa shape index (κ2) is 7.78. The fraction of sp³-hybridized carbons (Fsp3) is 0.0476. The summed E-state index contributed by atoms with van der Waals surface area (Å²) in [6, 6.07) is 25.3. The van der Waals surface area contributed by atoms with Crippen molar-refractivity contribution in [2.45, 2.75) is 6.61 Å². The van der Waals surface area contributed by atoms with E-state index in [0.717, 1.165) is 28.4 Å². The normalized spacial score (nSPS) is 10.7. The number of nitrogens with one attached hydrogen (secondary N) is 1. The first-order chi connectivity index (χ1) is 13.2. The number of para-hydroxylation sites is 1. The molecule has 0 aliphatic rings. The molecule has 1 N–H and O–H groups in total. The summed E-state index contributed by atoms with van der Waals surface area (Å²) in [5.41, 5.74) is 2.86. The van der Waals surface area contributed by atoms with Crippen LogP contribution < -0.4 is 4.74 Å². The van der Waals surface area contributed by atoms with Crippen LogP contribution in [0.4, 0.5) is 0 Å². The van der Waals surface area contributed by atoms with E-state index in [1.165, 1.54) is 0 Å². The zero-order valence-electron chi connectivity index (χ0n) is 14.3. The molecule has 0 bridgehead atoms. The number of nitrogens with zero attached hydrogens (tertiary/aromatic N) is 2. The lowest BCUT2D eigenvalue weighted by Gasteiger charge is -2.09. The van der Waals surface area contributed by atoms with Crippen LogP contribution >= 0.6 is 23.8 Å². The number of rotatable bonds is 5. The molecule has 0 radical (unpaired) electrons. The van der Waals surface area contributed by atoms with Crippen molar-refractivity contribution in [2.24, 2.45) is 0 Å². The van der Waals surface area contributed by atoms with E-state index in [2.05, 4.69) is 10.2 Å². The summed E-state index contributed by atoms with van der Waals surface area (Å²) < 4.78 is 8.31. The largest absolute Gasteiger partial charge is 0.489 e. The van der Waals surface area contributed by atoms with Crippen molar-refractivity contribution >= 4 is 23.8 Å². The zero-order valence-corrected chi connectivity index (χ0v) is 15.9. The summed E-state index contributed by atoms with van der Waals surface area (Å²) in [5.74, 6) is 1.52. The van der Waals surface area contributed by atoms with Gasteiger partial charge in [-0.15, -0.1) is 0 Å². The maximum absolute atomic E-state index is 6.17. The topological polar surface area (TPSA) is 42.8 Å². The third kappa shape index (κ3) is 3.79. The summed E-state index contributed by atoms with van der Waals surface area (Å²) in [7, 11) is 0. The average Bonchev–Trinajstić information content (AvgIpc) is 3.10. The van der Waals surface area contributed by atoms with Gasteiger partial charge < -0.3 is 4.74 Å². The molecule has 134 valence electrons. The minimum Gasteiger partial charge on any atom is -0.489 e. The Kier molecular flexibility index (Phi) is 5.05. The summed E-state index contributed by atoms with van der Waals surface area (Å²) in [6.45, 7) is 0.418. The predicted molar refractivity (Wildman–Crippen MR) is 110 cm³/mol. The van der Waals surface area contributed by atoms with Crippen molar-refractivity contribution in [2.75, 3.05) is 0 Å². The Balaban J connectivity index is 1.57. The fourth-order valence-electron chi connectivity index (χ4n) is 2.78. The Morgan fingerprint density at radius 3 is 2.37 bits per heavy atom. The van der Waals surface area contributed by atoms with Gasteiger partial charge in [0.2, 0.25) is 0 Å². The van der Waals surface area contributed by atoms with Gasteiger partial charge in [0.1, 0.15) is 12.4 Å². The van der Waals surface area contributed by atoms with Crippen molar-refractivity contribution in [3.8, 4) is 22.8 Å². The van der Waals surface area contributed by atoms with Gasteiger partial charge in [-0.05, 0) is 54.7 Å². The summed E-state index contributed by atoms with van der Waals surface area (Å²) in [4.78, 5) is 0. The Labute approximate surface area is 167 Å². The standard InChI is InChI=1S/C21H16ClN3OS/c22-19-9-5-4-6-16(19)14-26-18-12-10-15(11-13-18)20-23-24-21(27)25(20)17-7-2-1-3-8-17/h1-13H,14H2,(H,24,27). The van der Waals surface area contributed by atoms with Crippen LogP contribution in [0.2, 0.25) is 5.02 Å². The summed E-state index contributed by atoms with van der Waals surface area (Å²) in [6.07, 6.45) is 0. The Morgan fingerprint density at radius 1 is 0.926 bits per heavy atom. The molecule has 0 spiro atoms. The van der Waals surface area contributed by atoms with Gasteiger partial charge in [-0.25, -0.2) is 0 Å². The highest BCUT2D eigenvalue weighted by Gasteiger charge is 2.10. The molecule has 4 nitrogen and oxygen atoms in total. The summed E-state index contributed by atoms with van der Waals surface area (Å²) >= 11 is 11.6. The Hall–Kier alpha value is -2.89. The highest BCUT2D eigenvalue weighted by molar-refractivity contribution is 7.71. The number of H-pyrrole nitrogens is 1. The molecule has 0 fully saturated rings. The number of ether oxygens (including phenoxy) is 1. The lowest BCUT2D eigenvalue weighted by atomic mass is 10.2. The van der Waals surface area contributed by atoms with Crippen molar-refractivity contribution < 1.29 is 4.74 Å².